The van der Waals surface area contributed by atoms with Gasteiger partial charge in [-0.1, -0.05) is 0 Å². The fourth-order valence-corrected chi connectivity index (χ4v) is 39.7. The number of allylic oxidation sites excluding steroid dienone is 2. The maximum absolute atomic E-state index is 8.75. The summed E-state index contributed by atoms with van der Waals surface area (Å²) >= 11 is -4.86. The minimum atomic E-state index is -4.86. The van der Waals surface area contributed by atoms with Crippen molar-refractivity contribution in [3.63, 3.8) is 0 Å². The van der Waals surface area contributed by atoms with Crippen LogP contribution in [-0.4, -0.2) is 5.92 Å². The molecule has 0 radical (unpaired) electrons. The van der Waals surface area contributed by atoms with Crippen LogP contribution in [0.1, 0.15) is 81.2 Å². The molecule has 2 aliphatic rings. The summed E-state index contributed by atoms with van der Waals surface area (Å²) in [6.45, 7) is 18.6. The molecule has 0 amide bonds. The molecule has 0 heterocycles. The quantitative estimate of drug-likeness (QED) is 0.150. The molecule has 0 nitrogen and oxygen atoms in total. The zero-order chi connectivity index (χ0) is 33.0. The van der Waals surface area contributed by atoms with E-state index in [9.17, 15) is 0 Å². The third kappa shape index (κ3) is 5.85. The molecule has 4 aromatic carbocycles. The number of halogens is 2. The number of hydrogen-bond donors (Lipinski definition) is 0. The number of benzene rings is 4. The summed E-state index contributed by atoms with van der Waals surface area (Å²) in [4.78, 5) is 0. The van der Waals surface area contributed by atoms with Crippen LogP contribution >= 0.6 is 17.0 Å². The van der Waals surface area contributed by atoms with Gasteiger partial charge in [-0.2, -0.15) is 0 Å². The first-order chi connectivity index (χ1) is 21.8. The van der Waals surface area contributed by atoms with E-state index in [4.69, 9.17) is 17.0 Å². The molecule has 2 unspecified atom stereocenters. The Kier molecular flexibility index (Phi) is 9.45. The van der Waals surface area contributed by atoms with Gasteiger partial charge in [0, 0.05) is 0 Å². The molecule has 0 N–H and O–H groups in total. The molecule has 4 aromatic rings. The monoisotopic (exact) mass is 741 g/mol. The van der Waals surface area contributed by atoms with Crippen molar-refractivity contribution >= 4 is 35.1 Å². The van der Waals surface area contributed by atoms with Crippen LogP contribution in [0.15, 0.2) is 96.1 Å². The van der Waals surface area contributed by atoms with Gasteiger partial charge in [0.2, 0.25) is 0 Å². The second-order valence-corrected chi connectivity index (χ2v) is 57.7. The van der Waals surface area contributed by atoms with Crippen LogP contribution in [0.4, 0.5) is 0 Å². The van der Waals surface area contributed by atoms with Gasteiger partial charge in [0.25, 0.3) is 0 Å². The summed E-state index contributed by atoms with van der Waals surface area (Å²) in [6.07, 6.45) is 7.05. The fraction of sp³-hybridized carbons (Fsp3) is 0.333. The van der Waals surface area contributed by atoms with E-state index < -0.39 is 21.5 Å². The Morgan fingerprint density at radius 2 is 0.957 bits per heavy atom. The molecule has 6 rings (SSSR count). The normalized spacial score (nSPS) is 18.4. The molecule has 4 heteroatoms. The minimum absolute atomic E-state index is 0.105. The number of hydrogen-bond acceptors (Lipinski definition) is 0. The second kappa shape index (κ2) is 12.8. The topological polar surface area (TPSA) is 0 Å². The first-order valence-electron chi connectivity index (χ1n) is 17.2. The predicted octanol–water partition coefficient (Wildman–Crippen LogP) is 13.3. The van der Waals surface area contributed by atoms with Crippen molar-refractivity contribution in [2.75, 3.05) is 0 Å². The zero-order valence-corrected chi connectivity index (χ0v) is 33.9. The van der Waals surface area contributed by atoms with E-state index in [-0.39, 0.29) is 7.25 Å². The second-order valence-electron chi connectivity index (χ2n) is 15.2. The van der Waals surface area contributed by atoms with Crippen molar-refractivity contribution in [1.82, 2.24) is 0 Å². The van der Waals surface area contributed by atoms with E-state index in [1.54, 1.807) is 0 Å². The number of fused-ring (bicyclic) bond motifs is 2. The van der Waals surface area contributed by atoms with E-state index in [1.807, 2.05) is 0 Å². The van der Waals surface area contributed by atoms with Gasteiger partial charge in [-0.15, -0.1) is 0 Å². The molecule has 0 saturated heterocycles. The van der Waals surface area contributed by atoms with Gasteiger partial charge < -0.3 is 0 Å². The average molecular weight is 744 g/mol. The van der Waals surface area contributed by atoms with E-state index in [0.29, 0.717) is 11.8 Å². The van der Waals surface area contributed by atoms with Crippen molar-refractivity contribution in [2.45, 2.75) is 74.7 Å². The molecule has 46 heavy (non-hydrogen) atoms. The van der Waals surface area contributed by atoms with Crippen LogP contribution in [-0.2, 0) is 15.6 Å². The Morgan fingerprint density at radius 1 is 0.587 bits per heavy atom. The van der Waals surface area contributed by atoms with Gasteiger partial charge in [-0.3, -0.25) is 0 Å². The summed E-state index contributed by atoms with van der Waals surface area (Å²) in [5.41, 5.74) is 16.0. The van der Waals surface area contributed by atoms with Crippen LogP contribution in [0, 0.1) is 25.7 Å². The van der Waals surface area contributed by atoms with Gasteiger partial charge in [0.05, 0.1) is 0 Å². The third-order valence-electron chi connectivity index (χ3n) is 10.5. The van der Waals surface area contributed by atoms with Gasteiger partial charge in [-0.05, 0) is 0 Å². The van der Waals surface area contributed by atoms with Crippen molar-refractivity contribution in [3.05, 3.63) is 129 Å². The van der Waals surface area contributed by atoms with Crippen LogP contribution in [0.3, 0.4) is 0 Å². The first kappa shape index (κ1) is 33.9. The molecule has 2 atom stereocenters. The molecule has 239 valence electrons. The summed E-state index contributed by atoms with van der Waals surface area (Å²) in [6, 6.07) is 31.8. The van der Waals surface area contributed by atoms with E-state index in [1.165, 1.54) is 66.8 Å². The Morgan fingerprint density at radius 3 is 1.28 bits per heavy atom. The van der Waals surface area contributed by atoms with E-state index in [2.05, 4.69) is 152 Å². The Bertz CT molecular complexity index is 1700. The van der Waals surface area contributed by atoms with Gasteiger partial charge in [0.1, 0.15) is 0 Å². The molecule has 0 spiro atoms. The zero-order valence-electron chi connectivity index (χ0n) is 28.8. The maximum atomic E-state index is 8.75. The molecule has 0 bridgehead atoms. The SMILES string of the molecule is Cc1ccc(-c2cccc3c2C=C(CC(C)C)[CH]3[Zr]([Cl])([Cl])([CH]2C(CC(C)C)=Cc3c(-c4ccc(C)cc4)cccc32)[SiH](C)C)cc1. The summed E-state index contributed by atoms with van der Waals surface area (Å²) < 4.78 is 0.211. The van der Waals surface area contributed by atoms with Crippen LogP contribution < -0.4 is 0 Å². The molecule has 0 saturated carbocycles. The van der Waals surface area contributed by atoms with Crippen molar-refractivity contribution < 1.29 is 15.6 Å². The molecular weight excluding hydrogens is 695 g/mol. The fourth-order valence-electron chi connectivity index (χ4n) is 8.33. The Labute approximate surface area is 286 Å². The van der Waals surface area contributed by atoms with Gasteiger partial charge in [0.15, 0.2) is 0 Å². The first-order valence-corrected chi connectivity index (χ1v) is 33.5. The molecule has 0 aromatic heterocycles. The molecule has 2 aliphatic carbocycles. The Balaban J connectivity index is 1.61. The Hall–Kier alpha value is -1.96. The summed E-state index contributed by atoms with van der Waals surface area (Å²) in [7, 11) is 17.5. The van der Waals surface area contributed by atoms with Crippen LogP contribution in [0.25, 0.3) is 34.4 Å². The van der Waals surface area contributed by atoms with Crippen LogP contribution in [0.2, 0.25) is 13.1 Å². The summed E-state index contributed by atoms with van der Waals surface area (Å²) in [5, 5.41) is 0. The van der Waals surface area contributed by atoms with Crippen LogP contribution in [0.5, 0.6) is 0 Å². The molecule has 0 fully saturated rings. The number of rotatable bonds is 9. The third-order valence-corrected chi connectivity index (χ3v) is 62.4. The molecule has 0 aliphatic heterocycles. The predicted molar refractivity (Wildman–Crippen MR) is 204 cm³/mol. The van der Waals surface area contributed by atoms with Gasteiger partial charge in [-0.25, -0.2) is 0 Å². The average Bonchev–Trinajstić information content (AvgIpc) is 3.56. The van der Waals surface area contributed by atoms with Gasteiger partial charge >= 0.3 is 289 Å². The number of aryl methyl sites for hydroxylation is 2. The van der Waals surface area contributed by atoms with E-state index >= 15 is 0 Å². The van der Waals surface area contributed by atoms with Crippen molar-refractivity contribution in [1.29, 1.82) is 0 Å². The molecular formula is C42H49Cl2SiZr. The van der Waals surface area contributed by atoms with Crippen molar-refractivity contribution in [2.24, 2.45) is 11.8 Å². The van der Waals surface area contributed by atoms with Crippen molar-refractivity contribution in [3.8, 4) is 22.3 Å². The van der Waals surface area contributed by atoms with E-state index in [0.717, 1.165) is 12.8 Å². The summed E-state index contributed by atoms with van der Waals surface area (Å²) in [5.74, 6) is -0.609. The standard InChI is InChI=1S/2C20H21.C2H7Si.2ClH.Zr/c2*1-14(2)11-16-12-18-5-4-6-19(20(18)13-16)17-9-7-15(3)8-10-17;1-3-2;;;/h2*4-10,12-14H,11H2,1-3H3;3H,1-2H3;2*1H;/q;;;;;+2/p-2.